The van der Waals surface area contributed by atoms with Gasteiger partial charge in [0.25, 0.3) is 0 Å². The van der Waals surface area contributed by atoms with Crippen LogP contribution in [0.3, 0.4) is 0 Å². The van der Waals surface area contributed by atoms with Crippen LogP contribution in [0.15, 0.2) is 0 Å². The maximum Gasteiger partial charge on any atom is 0.0594 e. The molecule has 0 aliphatic heterocycles. The Morgan fingerprint density at radius 1 is 0.121 bits per heavy atom. The second-order valence-electron chi connectivity index (χ2n) is 23.0. The molecule has 0 saturated heterocycles. The lowest BCUT2D eigenvalue weighted by Gasteiger charge is -2.28. The summed E-state index contributed by atoms with van der Waals surface area (Å²) in [4.78, 5) is 0. The van der Waals surface area contributed by atoms with Crippen molar-refractivity contribution in [2.24, 2.45) is 0 Å². The van der Waals surface area contributed by atoms with Gasteiger partial charge in [0.15, 0.2) is 0 Å². The third-order valence-corrected chi connectivity index (χ3v) is 21.3. The summed E-state index contributed by atoms with van der Waals surface area (Å²) < 4.78 is 0. The van der Waals surface area contributed by atoms with Crippen LogP contribution in [0.2, 0.25) is 0 Å². The predicted molar refractivity (Wildman–Crippen MR) is 312 cm³/mol. The summed E-state index contributed by atoms with van der Waals surface area (Å²) in [5.74, 6) is 0. The van der Waals surface area contributed by atoms with Crippen LogP contribution < -0.4 is 0 Å². The van der Waals surface area contributed by atoms with Gasteiger partial charge in [-0.15, -0.1) is 0 Å². The Morgan fingerprint density at radius 3 is 0.318 bits per heavy atom. The van der Waals surface area contributed by atoms with Crippen molar-refractivity contribution in [2.45, 2.75) is 394 Å². The molecule has 0 spiro atoms. The summed E-state index contributed by atoms with van der Waals surface area (Å²) in [7, 11) is -0.836. The van der Waals surface area contributed by atoms with Crippen LogP contribution in [-0.2, 0) is 0 Å². The zero-order valence-corrected chi connectivity index (χ0v) is 48.5. The summed E-state index contributed by atoms with van der Waals surface area (Å²) in [6.45, 7) is 9.34. The Balaban J connectivity index is 4.94. The van der Waals surface area contributed by atoms with E-state index in [4.69, 9.17) is 0 Å². The minimum atomic E-state index is -0.836. The van der Waals surface area contributed by atoms with Gasteiger partial charge in [0.1, 0.15) is 0 Å². The van der Waals surface area contributed by atoms with E-state index in [2.05, 4.69) is 27.7 Å². The monoisotopic (exact) mass is 946 g/mol. The van der Waals surface area contributed by atoms with E-state index >= 15 is 0 Å². The predicted octanol–water partition coefficient (Wildman–Crippen LogP) is 25.3. The fourth-order valence-corrected chi connectivity index (χ4v) is 16.3. The topological polar surface area (TPSA) is 0 Å². The van der Waals surface area contributed by atoms with Gasteiger partial charge in [-0.2, -0.15) is 0 Å². The lowest BCUT2D eigenvalue weighted by molar-refractivity contribution is 0.534. The molecule has 0 aliphatic carbocycles. The van der Waals surface area contributed by atoms with Gasteiger partial charge in [-0.05, 0) is 51.4 Å². The van der Waals surface area contributed by atoms with E-state index in [1.165, 1.54) is 340 Å². The standard InChI is InChI=1S/C65H134P/c1-5-9-13-17-21-25-29-33-37-41-45-49-53-57-61-65-66(62-58-54-50-46-42-38-34-30-26-22-18-14-10-6-2,63-59-55-51-47-43-39-35-31-27-23-19-15-11-7-3)64-60-56-52-48-44-40-36-32-28-24-20-16-12-8-4/h5-65H2,1-4H3/q+1. The Morgan fingerprint density at radius 2 is 0.212 bits per heavy atom. The molecular formula is C65H134P+. The number of hydrogen-bond donors (Lipinski definition) is 0. The number of rotatable bonds is 61. The lowest BCUT2D eigenvalue weighted by Crippen LogP contribution is -2.13. The third-order valence-electron chi connectivity index (χ3n) is 16.2. The molecule has 0 aromatic carbocycles. The van der Waals surface area contributed by atoms with Crippen molar-refractivity contribution in [2.75, 3.05) is 24.6 Å². The molecule has 0 amide bonds. The summed E-state index contributed by atoms with van der Waals surface area (Å²) in [6, 6.07) is 0. The summed E-state index contributed by atoms with van der Waals surface area (Å²) in [5.41, 5.74) is 0. The molecule has 1 heteroatoms. The second kappa shape index (κ2) is 59.7. The summed E-state index contributed by atoms with van der Waals surface area (Å²) in [6.07, 6.45) is 91.8. The van der Waals surface area contributed by atoms with E-state index in [1.54, 1.807) is 50.3 Å². The molecule has 0 N–H and O–H groups in total. The van der Waals surface area contributed by atoms with E-state index in [9.17, 15) is 0 Å². The van der Waals surface area contributed by atoms with Gasteiger partial charge in [0.05, 0.1) is 24.6 Å². The first-order valence-corrected chi connectivity index (χ1v) is 35.1. The van der Waals surface area contributed by atoms with Gasteiger partial charge >= 0.3 is 0 Å². The van der Waals surface area contributed by atoms with Crippen molar-refractivity contribution >= 4 is 7.26 Å². The average Bonchev–Trinajstić information content (AvgIpc) is 3.33. The van der Waals surface area contributed by atoms with Crippen molar-refractivity contribution in [3.05, 3.63) is 0 Å². The molecule has 0 unspecified atom stereocenters. The second-order valence-corrected chi connectivity index (χ2v) is 27.4. The molecule has 0 radical (unpaired) electrons. The van der Waals surface area contributed by atoms with E-state index in [0.29, 0.717) is 0 Å². The highest BCUT2D eigenvalue weighted by atomic mass is 31.2. The van der Waals surface area contributed by atoms with Gasteiger partial charge in [-0.25, -0.2) is 0 Å². The molecule has 0 heterocycles. The summed E-state index contributed by atoms with van der Waals surface area (Å²) >= 11 is 0. The first kappa shape index (κ1) is 66.4. The average molecular weight is 947 g/mol. The third kappa shape index (κ3) is 53.8. The molecule has 0 bridgehead atoms. The zero-order valence-electron chi connectivity index (χ0n) is 47.6. The minimum Gasteiger partial charge on any atom is -0.0654 e. The van der Waals surface area contributed by atoms with Crippen LogP contribution in [0.25, 0.3) is 0 Å². The Hall–Kier alpha value is 0.430. The SMILES string of the molecule is CCCCCCCCCCCCCCCCC[P+](CCCCCCCCCCCCCCCC)(CCCCCCCCCCCCCCCC)CCCCCCCCCCCCCCCC. The summed E-state index contributed by atoms with van der Waals surface area (Å²) in [5, 5.41) is 0. The van der Waals surface area contributed by atoms with Crippen molar-refractivity contribution in [1.29, 1.82) is 0 Å². The fourth-order valence-electron chi connectivity index (χ4n) is 11.4. The highest BCUT2D eigenvalue weighted by Gasteiger charge is 2.35. The Kier molecular flexibility index (Phi) is 60.1. The van der Waals surface area contributed by atoms with Crippen molar-refractivity contribution in [3.63, 3.8) is 0 Å². The van der Waals surface area contributed by atoms with Crippen molar-refractivity contribution in [3.8, 4) is 0 Å². The van der Waals surface area contributed by atoms with E-state index in [0.717, 1.165) is 0 Å². The molecule has 0 saturated carbocycles. The van der Waals surface area contributed by atoms with Crippen molar-refractivity contribution < 1.29 is 0 Å². The maximum absolute atomic E-state index is 2.34. The highest BCUT2D eigenvalue weighted by Crippen LogP contribution is 2.61. The molecule has 0 nitrogen and oxygen atoms in total. The zero-order chi connectivity index (χ0) is 47.6. The fraction of sp³-hybridized carbons (Fsp3) is 1.00. The van der Waals surface area contributed by atoms with Gasteiger partial charge in [0.2, 0.25) is 0 Å². The van der Waals surface area contributed by atoms with Gasteiger partial charge < -0.3 is 0 Å². The molecule has 0 aromatic heterocycles. The van der Waals surface area contributed by atoms with E-state index in [-0.39, 0.29) is 0 Å². The van der Waals surface area contributed by atoms with Crippen LogP contribution in [0.4, 0.5) is 0 Å². The maximum atomic E-state index is 2.34. The van der Waals surface area contributed by atoms with Gasteiger partial charge in [0, 0.05) is 7.26 Å². The Labute approximate surface area is 423 Å². The van der Waals surface area contributed by atoms with E-state index < -0.39 is 7.26 Å². The highest BCUT2D eigenvalue weighted by molar-refractivity contribution is 7.75. The first-order chi connectivity index (χ1) is 32.7. The quantitative estimate of drug-likeness (QED) is 0.0421. The van der Waals surface area contributed by atoms with Gasteiger partial charge in [-0.1, -0.05) is 342 Å². The normalized spacial score (nSPS) is 12.0. The van der Waals surface area contributed by atoms with Crippen LogP contribution in [-0.4, -0.2) is 24.6 Å². The molecule has 0 aromatic rings. The molecule has 0 aliphatic rings. The molecule has 0 atom stereocenters. The molecule has 398 valence electrons. The van der Waals surface area contributed by atoms with Crippen LogP contribution in [0.1, 0.15) is 394 Å². The van der Waals surface area contributed by atoms with Gasteiger partial charge in [-0.3, -0.25) is 0 Å². The molecular weight excluding hydrogens is 812 g/mol. The first-order valence-electron chi connectivity index (χ1n) is 32.6. The Bertz CT molecular complexity index is 739. The smallest absolute Gasteiger partial charge is 0.0594 e. The largest absolute Gasteiger partial charge is 0.0654 e. The molecule has 66 heavy (non-hydrogen) atoms. The van der Waals surface area contributed by atoms with Crippen LogP contribution in [0, 0.1) is 0 Å². The molecule has 0 rings (SSSR count). The minimum absolute atomic E-state index is 0.836. The lowest BCUT2D eigenvalue weighted by atomic mass is 10.0. The van der Waals surface area contributed by atoms with Crippen LogP contribution >= 0.6 is 7.26 Å². The van der Waals surface area contributed by atoms with Crippen molar-refractivity contribution in [1.82, 2.24) is 0 Å². The molecule has 0 fully saturated rings. The van der Waals surface area contributed by atoms with E-state index in [1.807, 2.05) is 0 Å². The number of unbranched alkanes of at least 4 members (excludes halogenated alkanes) is 53. The van der Waals surface area contributed by atoms with Crippen LogP contribution in [0.5, 0.6) is 0 Å². The number of hydrogen-bond acceptors (Lipinski definition) is 0.